The Morgan fingerprint density at radius 1 is 1.05 bits per heavy atom. The number of hydrogen-bond donors (Lipinski definition) is 1. The summed E-state index contributed by atoms with van der Waals surface area (Å²) in [6, 6.07) is 10.9. The average molecular weight is 407 g/mol. The van der Waals surface area contributed by atoms with E-state index in [0.717, 1.165) is 20.1 Å². The van der Waals surface area contributed by atoms with Crippen molar-refractivity contribution < 1.29 is 9.84 Å². The molecule has 2 nitrogen and oxygen atoms in total. The molecular formula is C14H11Br2ClO2. The molecule has 0 aromatic heterocycles. The maximum absolute atomic E-state index is 10.4. The summed E-state index contributed by atoms with van der Waals surface area (Å²) in [4.78, 5) is 0. The van der Waals surface area contributed by atoms with E-state index in [1.165, 1.54) is 0 Å². The Balaban J connectivity index is 2.38. The predicted molar refractivity (Wildman–Crippen MR) is 83.9 cm³/mol. The van der Waals surface area contributed by atoms with Crippen molar-refractivity contribution in [2.24, 2.45) is 0 Å². The molecule has 0 aliphatic carbocycles. The highest BCUT2D eigenvalue weighted by Gasteiger charge is 2.13. The number of aliphatic hydroxyl groups excluding tert-OH is 1. The smallest absolute Gasteiger partial charge is 0.137 e. The van der Waals surface area contributed by atoms with Crippen molar-refractivity contribution in [3.63, 3.8) is 0 Å². The first-order valence-corrected chi connectivity index (χ1v) is 7.45. The number of rotatable bonds is 3. The van der Waals surface area contributed by atoms with Crippen LogP contribution >= 0.6 is 43.5 Å². The summed E-state index contributed by atoms with van der Waals surface area (Å²) in [7, 11) is 1.56. The van der Waals surface area contributed by atoms with E-state index in [9.17, 15) is 5.11 Å². The van der Waals surface area contributed by atoms with Crippen molar-refractivity contribution in [2.45, 2.75) is 6.10 Å². The highest BCUT2D eigenvalue weighted by Crippen LogP contribution is 2.32. The van der Waals surface area contributed by atoms with Crippen LogP contribution in [0.3, 0.4) is 0 Å². The van der Waals surface area contributed by atoms with Crippen LogP contribution in [0, 0.1) is 0 Å². The SMILES string of the molecule is COc1ccc(C(O)c2cc(Br)cc(Br)c2)cc1Cl. The van der Waals surface area contributed by atoms with Crippen molar-refractivity contribution in [1.29, 1.82) is 0 Å². The first-order chi connectivity index (χ1) is 9.01. The molecule has 0 bridgehead atoms. The van der Waals surface area contributed by atoms with E-state index >= 15 is 0 Å². The van der Waals surface area contributed by atoms with Gasteiger partial charge in [0.1, 0.15) is 11.9 Å². The average Bonchev–Trinajstić information content (AvgIpc) is 2.36. The lowest BCUT2D eigenvalue weighted by Gasteiger charge is -2.14. The van der Waals surface area contributed by atoms with Crippen LogP contribution < -0.4 is 4.74 Å². The number of ether oxygens (including phenoxy) is 1. The van der Waals surface area contributed by atoms with E-state index in [1.54, 1.807) is 25.3 Å². The molecule has 2 aromatic rings. The van der Waals surface area contributed by atoms with Crippen molar-refractivity contribution in [3.8, 4) is 5.75 Å². The minimum atomic E-state index is -0.739. The predicted octanol–water partition coefficient (Wildman–Crippen LogP) is 4.96. The molecule has 1 unspecified atom stereocenters. The van der Waals surface area contributed by atoms with Crippen LogP contribution in [0.5, 0.6) is 5.75 Å². The van der Waals surface area contributed by atoms with Gasteiger partial charge >= 0.3 is 0 Å². The van der Waals surface area contributed by atoms with Gasteiger partial charge in [-0.15, -0.1) is 0 Å². The van der Waals surface area contributed by atoms with Crippen LogP contribution in [-0.2, 0) is 0 Å². The topological polar surface area (TPSA) is 29.5 Å². The molecule has 2 rings (SSSR count). The minimum Gasteiger partial charge on any atom is -0.495 e. The van der Waals surface area contributed by atoms with E-state index < -0.39 is 6.10 Å². The molecule has 5 heteroatoms. The molecule has 0 aliphatic rings. The molecule has 1 atom stereocenters. The summed E-state index contributed by atoms with van der Waals surface area (Å²) >= 11 is 12.9. The van der Waals surface area contributed by atoms with Gasteiger partial charge in [-0.05, 0) is 41.5 Å². The molecule has 0 amide bonds. The lowest BCUT2D eigenvalue weighted by molar-refractivity contribution is 0.220. The van der Waals surface area contributed by atoms with Crippen LogP contribution in [-0.4, -0.2) is 12.2 Å². The third-order valence-corrected chi connectivity index (χ3v) is 3.90. The number of aliphatic hydroxyl groups is 1. The highest BCUT2D eigenvalue weighted by atomic mass is 79.9. The van der Waals surface area contributed by atoms with E-state index in [0.29, 0.717) is 10.8 Å². The molecule has 0 aliphatic heterocycles. The molecule has 0 fully saturated rings. The Hall–Kier alpha value is -0.550. The standard InChI is InChI=1S/C14H11Br2ClO2/c1-19-13-3-2-8(6-12(13)17)14(18)9-4-10(15)7-11(16)5-9/h2-7,14,18H,1H3. The van der Waals surface area contributed by atoms with Gasteiger partial charge in [-0.3, -0.25) is 0 Å². The van der Waals surface area contributed by atoms with Crippen LogP contribution in [0.15, 0.2) is 45.3 Å². The van der Waals surface area contributed by atoms with Gasteiger partial charge in [-0.2, -0.15) is 0 Å². The monoisotopic (exact) mass is 404 g/mol. The molecule has 0 radical (unpaired) electrons. The van der Waals surface area contributed by atoms with Crippen LogP contribution in [0.1, 0.15) is 17.2 Å². The second kappa shape index (κ2) is 6.27. The molecule has 0 saturated carbocycles. The molecule has 1 N–H and O–H groups in total. The summed E-state index contributed by atoms with van der Waals surface area (Å²) in [5.41, 5.74) is 1.50. The molecule has 2 aromatic carbocycles. The second-order valence-corrected chi connectivity index (χ2v) is 6.24. The van der Waals surface area contributed by atoms with Gasteiger partial charge in [0.05, 0.1) is 12.1 Å². The minimum absolute atomic E-state index is 0.480. The van der Waals surface area contributed by atoms with Crippen molar-refractivity contribution in [3.05, 3.63) is 61.5 Å². The maximum Gasteiger partial charge on any atom is 0.137 e. The number of methoxy groups -OCH3 is 1. The van der Waals surface area contributed by atoms with E-state index in [1.807, 2.05) is 18.2 Å². The van der Waals surface area contributed by atoms with Gasteiger partial charge in [0.25, 0.3) is 0 Å². The summed E-state index contributed by atoms with van der Waals surface area (Å²) in [5, 5.41) is 10.9. The summed E-state index contributed by atoms with van der Waals surface area (Å²) < 4.78 is 6.89. The molecule has 0 heterocycles. The van der Waals surface area contributed by atoms with Crippen LogP contribution in [0.25, 0.3) is 0 Å². The normalized spacial score (nSPS) is 12.3. The van der Waals surface area contributed by atoms with Gasteiger partial charge in [-0.25, -0.2) is 0 Å². The zero-order valence-electron chi connectivity index (χ0n) is 10.0. The summed E-state index contributed by atoms with van der Waals surface area (Å²) in [6.07, 6.45) is -0.739. The fourth-order valence-electron chi connectivity index (χ4n) is 1.78. The summed E-state index contributed by atoms with van der Waals surface area (Å²) in [5.74, 6) is 0.591. The third-order valence-electron chi connectivity index (χ3n) is 2.69. The Bertz CT molecular complexity index is 582. The lowest BCUT2D eigenvalue weighted by Crippen LogP contribution is -2.00. The number of hydrogen-bond acceptors (Lipinski definition) is 2. The maximum atomic E-state index is 10.4. The molecule has 100 valence electrons. The molecular weight excluding hydrogens is 395 g/mol. The van der Waals surface area contributed by atoms with Crippen molar-refractivity contribution in [2.75, 3.05) is 7.11 Å². The van der Waals surface area contributed by atoms with E-state index in [2.05, 4.69) is 31.9 Å². The van der Waals surface area contributed by atoms with Gasteiger partial charge in [0.2, 0.25) is 0 Å². The first-order valence-electron chi connectivity index (χ1n) is 5.48. The van der Waals surface area contributed by atoms with Gasteiger partial charge in [0, 0.05) is 8.95 Å². The van der Waals surface area contributed by atoms with Crippen molar-refractivity contribution in [1.82, 2.24) is 0 Å². The Labute approximate surface area is 133 Å². The van der Waals surface area contributed by atoms with Crippen LogP contribution in [0.2, 0.25) is 5.02 Å². The van der Waals surface area contributed by atoms with E-state index in [4.69, 9.17) is 16.3 Å². The fourth-order valence-corrected chi connectivity index (χ4v) is 3.37. The molecule has 19 heavy (non-hydrogen) atoms. The Kier molecular flexibility index (Phi) is 4.90. The van der Waals surface area contributed by atoms with Gasteiger partial charge < -0.3 is 9.84 Å². The second-order valence-electron chi connectivity index (χ2n) is 4.00. The largest absolute Gasteiger partial charge is 0.495 e. The highest BCUT2D eigenvalue weighted by molar-refractivity contribution is 9.11. The Morgan fingerprint density at radius 3 is 2.21 bits per heavy atom. The quantitative estimate of drug-likeness (QED) is 0.781. The number of halogens is 3. The van der Waals surface area contributed by atoms with Gasteiger partial charge in [0.15, 0.2) is 0 Å². The van der Waals surface area contributed by atoms with Crippen molar-refractivity contribution >= 4 is 43.5 Å². The van der Waals surface area contributed by atoms with Crippen LogP contribution in [0.4, 0.5) is 0 Å². The summed E-state index contributed by atoms with van der Waals surface area (Å²) in [6.45, 7) is 0. The molecule has 0 saturated heterocycles. The Morgan fingerprint density at radius 2 is 1.68 bits per heavy atom. The third kappa shape index (κ3) is 3.51. The van der Waals surface area contributed by atoms with E-state index in [-0.39, 0.29) is 0 Å². The molecule has 0 spiro atoms. The van der Waals surface area contributed by atoms with Gasteiger partial charge in [-0.1, -0.05) is 49.5 Å². The zero-order chi connectivity index (χ0) is 14.0. The zero-order valence-corrected chi connectivity index (χ0v) is 14.0. The number of benzene rings is 2. The lowest BCUT2D eigenvalue weighted by atomic mass is 10.0. The fraction of sp³-hybridized carbons (Fsp3) is 0.143. The first kappa shape index (κ1) is 14.9.